The number of amides is 1. The van der Waals surface area contributed by atoms with E-state index in [1.54, 1.807) is 12.4 Å². The first-order chi connectivity index (χ1) is 9.78. The number of likely N-dealkylation sites (N-methyl/N-ethyl adjacent to an activating group) is 1. The van der Waals surface area contributed by atoms with Crippen molar-refractivity contribution in [3.05, 3.63) is 30.1 Å². The molecule has 1 aliphatic rings. The third-order valence-electron chi connectivity index (χ3n) is 3.57. The van der Waals surface area contributed by atoms with Gasteiger partial charge in [-0.05, 0) is 30.5 Å². The predicted molar refractivity (Wildman–Crippen MR) is 77.1 cm³/mol. The summed E-state index contributed by atoms with van der Waals surface area (Å²) in [6.45, 7) is 6.59. The van der Waals surface area contributed by atoms with E-state index in [9.17, 15) is 4.79 Å². The molecular formula is C15H23N3O2. The first kappa shape index (κ1) is 14.9. The number of ether oxygens (including phenoxy) is 1. The molecule has 1 N–H and O–H groups in total. The topological polar surface area (TPSA) is 54.5 Å². The number of carbonyl (C=O) groups excluding carboxylic acids is 1. The van der Waals surface area contributed by atoms with E-state index in [2.05, 4.69) is 22.1 Å². The fraction of sp³-hybridized carbons (Fsp3) is 0.600. The Morgan fingerprint density at radius 2 is 2.50 bits per heavy atom. The Kier molecular flexibility index (Phi) is 5.95. The summed E-state index contributed by atoms with van der Waals surface area (Å²) in [6, 6.07) is 3.83. The van der Waals surface area contributed by atoms with Gasteiger partial charge in [-0.2, -0.15) is 0 Å². The van der Waals surface area contributed by atoms with E-state index in [0.29, 0.717) is 19.0 Å². The standard InChI is InChI=1S/C15H23N3O2/c1-2-18(10-14-5-7-20-12-14)11-15(19)17-9-13-4-3-6-16-8-13/h3-4,6,8,14H,2,5,7,9-12H2,1H3,(H,17,19)/t14-/m0/s1. The van der Waals surface area contributed by atoms with Crippen molar-refractivity contribution in [2.45, 2.75) is 19.9 Å². The van der Waals surface area contributed by atoms with Gasteiger partial charge in [0, 0.05) is 32.1 Å². The molecule has 5 nitrogen and oxygen atoms in total. The fourth-order valence-electron chi connectivity index (χ4n) is 2.36. The maximum atomic E-state index is 12.0. The number of rotatable bonds is 7. The van der Waals surface area contributed by atoms with Gasteiger partial charge in [0.2, 0.25) is 5.91 Å². The van der Waals surface area contributed by atoms with Crippen molar-refractivity contribution >= 4 is 5.91 Å². The molecule has 1 amide bonds. The highest BCUT2D eigenvalue weighted by molar-refractivity contribution is 5.77. The number of hydrogen-bond acceptors (Lipinski definition) is 4. The van der Waals surface area contributed by atoms with Crippen molar-refractivity contribution in [1.29, 1.82) is 0 Å². The number of nitrogens with one attached hydrogen (secondary N) is 1. The lowest BCUT2D eigenvalue weighted by atomic mass is 10.1. The van der Waals surface area contributed by atoms with Gasteiger partial charge in [-0.15, -0.1) is 0 Å². The zero-order valence-electron chi connectivity index (χ0n) is 12.0. The van der Waals surface area contributed by atoms with Crippen molar-refractivity contribution < 1.29 is 9.53 Å². The number of carbonyl (C=O) groups is 1. The smallest absolute Gasteiger partial charge is 0.234 e. The Hall–Kier alpha value is -1.46. The van der Waals surface area contributed by atoms with Crippen molar-refractivity contribution in [3.63, 3.8) is 0 Å². The van der Waals surface area contributed by atoms with Crippen LogP contribution in [-0.4, -0.2) is 48.6 Å². The summed E-state index contributed by atoms with van der Waals surface area (Å²) in [5.41, 5.74) is 1.02. The van der Waals surface area contributed by atoms with Crippen LogP contribution in [-0.2, 0) is 16.1 Å². The van der Waals surface area contributed by atoms with Gasteiger partial charge in [-0.1, -0.05) is 13.0 Å². The van der Waals surface area contributed by atoms with Crippen LogP contribution in [0.4, 0.5) is 0 Å². The minimum Gasteiger partial charge on any atom is -0.381 e. The molecule has 1 aromatic heterocycles. The molecule has 20 heavy (non-hydrogen) atoms. The summed E-state index contributed by atoms with van der Waals surface area (Å²) in [4.78, 5) is 18.2. The van der Waals surface area contributed by atoms with Gasteiger partial charge in [-0.25, -0.2) is 0 Å². The van der Waals surface area contributed by atoms with Crippen LogP contribution in [0, 0.1) is 5.92 Å². The highest BCUT2D eigenvalue weighted by atomic mass is 16.5. The lowest BCUT2D eigenvalue weighted by Gasteiger charge is -2.22. The van der Waals surface area contributed by atoms with Gasteiger partial charge in [-0.3, -0.25) is 14.7 Å². The average Bonchev–Trinajstić information content (AvgIpc) is 2.98. The van der Waals surface area contributed by atoms with Gasteiger partial charge >= 0.3 is 0 Å². The summed E-state index contributed by atoms with van der Waals surface area (Å²) >= 11 is 0. The molecule has 0 spiro atoms. The van der Waals surface area contributed by atoms with E-state index in [1.165, 1.54) is 0 Å². The minimum absolute atomic E-state index is 0.0645. The minimum atomic E-state index is 0.0645. The average molecular weight is 277 g/mol. The lowest BCUT2D eigenvalue weighted by molar-refractivity contribution is -0.122. The fourth-order valence-corrected chi connectivity index (χ4v) is 2.36. The van der Waals surface area contributed by atoms with E-state index in [0.717, 1.165) is 38.3 Å². The summed E-state index contributed by atoms with van der Waals surface area (Å²) in [5, 5.41) is 2.94. The van der Waals surface area contributed by atoms with E-state index < -0.39 is 0 Å². The number of hydrogen-bond donors (Lipinski definition) is 1. The molecule has 110 valence electrons. The molecule has 0 saturated carbocycles. The molecular weight excluding hydrogens is 254 g/mol. The quantitative estimate of drug-likeness (QED) is 0.809. The molecule has 5 heteroatoms. The Morgan fingerprint density at radius 1 is 1.60 bits per heavy atom. The van der Waals surface area contributed by atoms with Crippen LogP contribution < -0.4 is 5.32 Å². The second kappa shape index (κ2) is 7.97. The Morgan fingerprint density at radius 3 is 3.15 bits per heavy atom. The van der Waals surface area contributed by atoms with Crippen molar-refractivity contribution in [1.82, 2.24) is 15.2 Å². The molecule has 2 rings (SSSR count). The van der Waals surface area contributed by atoms with Crippen LogP contribution in [0.25, 0.3) is 0 Å². The van der Waals surface area contributed by atoms with Crippen LogP contribution >= 0.6 is 0 Å². The van der Waals surface area contributed by atoms with Crippen molar-refractivity contribution in [2.24, 2.45) is 5.92 Å². The molecule has 0 aliphatic carbocycles. The van der Waals surface area contributed by atoms with Gasteiger partial charge in [0.25, 0.3) is 0 Å². The van der Waals surface area contributed by atoms with Crippen LogP contribution in [0.1, 0.15) is 18.9 Å². The molecule has 0 aromatic carbocycles. The maximum absolute atomic E-state index is 12.0. The number of pyridine rings is 1. The Labute approximate surface area is 120 Å². The lowest BCUT2D eigenvalue weighted by Crippen LogP contribution is -2.39. The number of nitrogens with zero attached hydrogens (tertiary/aromatic N) is 2. The molecule has 0 radical (unpaired) electrons. The molecule has 1 aromatic rings. The second-order valence-electron chi connectivity index (χ2n) is 5.20. The van der Waals surface area contributed by atoms with E-state index in [4.69, 9.17) is 4.74 Å². The summed E-state index contributed by atoms with van der Waals surface area (Å²) < 4.78 is 5.38. The van der Waals surface area contributed by atoms with Gasteiger partial charge in [0.05, 0.1) is 13.2 Å². The van der Waals surface area contributed by atoms with Crippen LogP contribution in [0.2, 0.25) is 0 Å². The predicted octanol–water partition coefficient (Wildman–Crippen LogP) is 1.06. The third kappa shape index (κ3) is 4.90. The molecule has 0 bridgehead atoms. The highest BCUT2D eigenvalue weighted by Crippen LogP contribution is 2.13. The first-order valence-corrected chi connectivity index (χ1v) is 7.23. The largest absolute Gasteiger partial charge is 0.381 e. The summed E-state index contributed by atoms with van der Waals surface area (Å²) in [6.07, 6.45) is 4.61. The SMILES string of the molecule is CCN(CC(=O)NCc1cccnc1)C[C@@H]1CCOC1. The van der Waals surface area contributed by atoms with Gasteiger partial charge in [0.15, 0.2) is 0 Å². The van der Waals surface area contributed by atoms with Crippen molar-refractivity contribution in [3.8, 4) is 0 Å². The van der Waals surface area contributed by atoms with E-state index in [1.807, 2.05) is 12.1 Å². The third-order valence-corrected chi connectivity index (χ3v) is 3.57. The maximum Gasteiger partial charge on any atom is 0.234 e. The Bertz CT molecular complexity index is 405. The van der Waals surface area contributed by atoms with Crippen molar-refractivity contribution in [2.75, 3.05) is 32.8 Å². The van der Waals surface area contributed by atoms with E-state index >= 15 is 0 Å². The van der Waals surface area contributed by atoms with Crippen LogP contribution in [0.15, 0.2) is 24.5 Å². The van der Waals surface area contributed by atoms with Crippen LogP contribution in [0.5, 0.6) is 0 Å². The zero-order valence-corrected chi connectivity index (χ0v) is 12.0. The zero-order chi connectivity index (χ0) is 14.2. The normalized spacial score (nSPS) is 18.4. The Balaban J connectivity index is 1.71. The molecule has 1 saturated heterocycles. The molecule has 1 aliphatic heterocycles. The number of aromatic nitrogens is 1. The second-order valence-corrected chi connectivity index (χ2v) is 5.20. The summed E-state index contributed by atoms with van der Waals surface area (Å²) in [5.74, 6) is 0.635. The molecule has 1 atom stereocenters. The highest BCUT2D eigenvalue weighted by Gasteiger charge is 2.19. The van der Waals surface area contributed by atoms with Gasteiger partial charge < -0.3 is 10.1 Å². The van der Waals surface area contributed by atoms with Gasteiger partial charge in [0.1, 0.15) is 0 Å². The molecule has 2 heterocycles. The molecule has 0 unspecified atom stereocenters. The summed E-state index contributed by atoms with van der Waals surface area (Å²) in [7, 11) is 0. The first-order valence-electron chi connectivity index (χ1n) is 7.23. The van der Waals surface area contributed by atoms with Crippen LogP contribution in [0.3, 0.4) is 0 Å². The monoisotopic (exact) mass is 277 g/mol. The molecule has 1 fully saturated rings. The van der Waals surface area contributed by atoms with E-state index in [-0.39, 0.29) is 5.91 Å².